The van der Waals surface area contributed by atoms with Crippen molar-refractivity contribution < 1.29 is 36.3 Å². The monoisotopic (exact) mass is 490 g/mol. The van der Waals surface area contributed by atoms with Crippen molar-refractivity contribution >= 4 is 38.6 Å². The Balaban J connectivity index is 1.93. The van der Waals surface area contributed by atoms with Gasteiger partial charge in [-0.1, -0.05) is 0 Å². The second kappa shape index (κ2) is 8.32. The van der Waals surface area contributed by atoms with Gasteiger partial charge in [0.1, 0.15) is 28.5 Å². The van der Waals surface area contributed by atoms with Gasteiger partial charge in [0.2, 0.25) is 10.0 Å². The quantitative estimate of drug-likeness (QED) is 0.460. The van der Waals surface area contributed by atoms with Crippen molar-refractivity contribution in [2.45, 2.75) is 38.4 Å². The van der Waals surface area contributed by atoms with E-state index in [-0.39, 0.29) is 39.8 Å². The number of halogens is 1. The maximum Gasteiger partial charge on any atom is 0.343 e. The van der Waals surface area contributed by atoms with Crippen LogP contribution in [-0.2, 0) is 19.6 Å². The Morgan fingerprint density at radius 1 is 1.18 bits per heavy atom. The summed E-state index contributed by atoms with van der Waals surface area (Å²) >= 11 is 0. The zero-order valence-corrected chi connectivity index (χ0v) is 19.5. The Kier molecular flexibility index (Phi) is 5.76. The van der Waals surface area contributed by atoms with Gasteiger partial charge in [-0.2, -0.15) is 0 Å². The highest BCUT2D eigenvalue weighted by atomic mass is 32.2. The largest absolute Gasteiger partial charge is 0.489 e. The van der Waals surface area contributed by atoms with Crippen molar-refractivity contribution in [3.63, 3.8) is 0 Å². The number of amides is 1. The average Bonchev–Trinajstić information content (AvgIpc) is 3.41. The maximum atomic E-state index is 13.5. The molecule has 0 unspecified atom stereocenters. The van der Waals surface area contributed by atoms with E-state index in [2.05, 4.69) is 4.72 Å². The van der Waals surface area contributed by atoms with Gasteiger partial charge in [-0.3, -0.25) is 9.52 Å². The van der Waals surface area contributed by atoms with E-state index >= 15 is 0 Å². The van der Waals surface area contributed by atoms with Crippen molar-refractivity contribution in [2.75, 3.05) is 11.0 Å². The zero-order chi connectivity index (χ0) is 24.8. The molecule has 1 fully saturated rings. The van der Waals surface area contributed by atoms with E-state index in [1.165, 1.54) is 36.4 Å². The number of sulfonamides is 1. The molecule has 0 atom stereocenters. The highest BCUT2D eigenvalue weighted by Gasteiger charge is 2.53. The number of ether oxygens (including phenoxy) is 2. The smallest absolute Gasteiger partial charge is 0.343 e. The number of nitrogens with one attached hydrogen (secondary N) is 1. The number of nitrogens with two attached hydrogens (primary N) is 1. The number of hydrogen-bond donors (Lipinski definition) is 2. The lowest BCUT2D eigenvalue weighted by Gasteiger charge is -2.15. The van der Waals surface area contributed by atoms with Crippen LogP contribution in [0.2, 0.25) is 0 Å². The Morgan fingerprint density at radius 3 is 2.35 bits per heavy atom. The predicted molar refractivity (Wildman–Crippen MR) is 122 cm³/mol. The van der Waals surface area contributed by atoms with Gasteiger partial charge >= 0.3 is 5.97 Å². The highest BCUT2D eigenvalue weighted by Crippen LogP contribution is 2.44. The number of primary amides is 1. The third-order valence-electron chi connectivity index (χ3n) is 5.20. The van der Waals surface area contributed by atoms with E-state index in [0.717, 1.165) is 6.26 Å². The zero-order valence-electron chi connectivity index (χ0n) is 18.7. The molecule has 3 N–H and O–H groups in total. The fourth-order valence-electron chi connectivity index (χ4n) is 3.50. The van der Waals surface area contributed by atoms with Crippen LogP contribution in [0.25, 0.3) is 22.3 Å². The Hall–Kier alpha value is -3.60. The Morgan fingerprint density at radius 2 is 1.82 bits per heavy atom. The molecule has 1 amide bonds. The first kappa shape index (κ1) is 23.6. The van der Waals surface area contributed by atoms with Crippen LogP contribution in [0.4, 0.5) is 10.1 Å². The summed E-state index contributed by atoms with van der Waals surface area (Å²) in [6.07, 6.45) is 1.28. The van der Waals surface area contributed by atoms with Gasteiger partial charge in [0.15, 0.2) is 5.60 Å². The van der Waals surface area contributed by atoms with Gasteiger partial charge < -0.3 is 19.6 Å². The summed E-state index contributed by atoms with van der Waals surface area (Å²) in [6, 6.07) is 8.09. The fourth-order valence-corrected chi connectivity index (χ4v) is 4.06. The van der Waals surface area contributed by atoms with Crippen LogP contribution in [0.1, 0.15) is 37.0 Å². The molecule has 0 spiro atoms. The Bertz CT molecular complexity index is 1390. The van der Waals surface area contributed by atoms with Crippen LogP contribution in [0.5, 0.6) is 5.75 Å². The molecule has 0 saturated heterocycles. The second-order valence-corrected chi connectivity index (χ2v) is 10.2. The average molecular weight is 491 g/mol. The third kappa shape index (κ3) is 4.69. The van der Waals surface area contributed by atoms with Crippen molar-refractivity contribution in [3.8, 4) is 17.1 Å². The summed E-state index contributed by atoms with van der Waals surface area (Å²) in [4.78, 5) is 25.1. The van der Waals surface area contributed by atoms with Crippen LogP contribution in [0, 0.1) is 5.82 Å². The van der Waals surface area contributed by atoms with Crippen LogP contribution in [0.15, 0.2) is 40.8 Å². The third-order valence-corrected chi connectivity index (χ3v) is 5.79. The maximum absolute atomic E-state index is 13.5. The van der Waals surface area contributed by atoms with Crippen molar-refractivity contribution in [3.05, 3.63) is 47.8 Å². The molecule has 1 heterocycles. The molecule has 180 valence electrons. The first-order valence-corrected chi connectivity index (χ1v) is 12.3. The van der Waals surface area contributed by atoms with Gasteiger partial charge in [-0.05, 0) is 44.2 Å². The number of carbonyl (C=O) groups is 2. The second-order valence-electron chi connectivity index (χ2n) is 8.45. The number of furan rings is 1. The molecule has 0 radical (unpaired) electrons. The molecule has 1 aliphatic rings. The lowest BCUT2D eigenvalue weighted by Crippen LogP contribution is -2.35. The number of benzene rings is 2. The molecule has 1 saturated carbocycles. The molecule has 0 aliphatic heterocycles. The summed E-state index contributed by atoms with van der Waals surface area (Å²) < 4.78 is 56.8. The van der Waals surface area contributed by atoms with E-state index in [1.54, 1.807) is 13.8 Å². The molecule has 0 bridgehead atoms. The van der Waals surface area contributed by atoms with Gasteiger partial charge in [0.25, 0.3) is 5.91 Å². The summed E-state index contributed by atoms with van der Waals surface area (Å²) in [5, 5.41) is 0.263. The van der Waals surface area contributed by atoms with Gasteiger partial charge in [-0.15, -0.1) is 0 Å². The molecule has 9 nitrogen and oxygen atoms in total. The predicted octanol–water partition coefficient (Wildman–Crippen LogP) is 3.57. The minimum atomic E-state index is -3.66. The number of carbonyl (C=O) groups excluding carboxylic acids is 2. The number of anilines is 1. The first-order chi connectivity index (χ1) is 15.9. The number of esters is 1. The molecule has 4 rings (SSSR count). The molecule has 34 heavy (non-hydrogen) atoms. The van der Waals surface area contributed by atoms with Crippen LogP contribution in [0.3, 0.4) is 0 Å². The standard InChI is InChI=1S/C23H23FN2O7S/c1-12(2)31-18-10-15-17(11-16(18)26-34(3,29)30)32-20(13-4-6-14(24)7-5-13)19(15)21(27)33-23(8-9-23)22(25)28/h4-7,10-12,26H,8-9H2,1-3H3,(H2,25,28). The van der Waals surface area contributed by atoms with Gasteiger partial charge in [-0.25, -0.2) is 17.6 Å². The molecule has 3 aromatic rings. The van der Waals surface area contributed by atoms with E-state index in [1.807, 2.05) is 0 Å². The lowest BCUT2D eigenvalue weighted by molar-refractivity contribution is -0.128. The number of fused-ring (bicyclic) bond motifs is 1. The van der Waals surface area contributed by atoms with E-state index in [9.17, 15) is 22.4 Å². The normalized spacial score (nSPS) is 14.7. The van der Waals surface area contributed by atoms with E-state index in [4.69, 9.17) is 19.6 Å². The lowest BCUT2D eigenvalue weighted by atomic mass is 10.0. The summed E-state index contributed by atoms with van der Waals surface area (Å²) in [5.41, 5.74) is 4.64. The van der Waals surface area contributed by atoms with Crippen LogP contribution in [-0.4, -0.2) is 38.3 Å². The first-order valence-electron chi connectivity index (χ1n) is 10.4. The Labute approximate surface area is 195 Å². The molecule has 1 aromatic heterocycles. The minimum absolute atomic E-state index is 0.0198. The molecule has 11 heteroatoms. The molecule has 2 aromatic carbocycles. The summed E-state index contributed by atoms with van der Waals surface area (Å²) in [5.74, 6) is -1.87. The van der Waals surface area contributed by atoms with Gasteiger partial charge in [0.05, 0.1) is 18.0 Å². The van der Waals surface area contributed by atoms with E-state index in [0.29, 0.717) is 18.4 Å². The fraction of sp³-hybridized carbons (Fsp3) is 0.304. The van der Waals surface area contributed by atoms with Crippen molar-refractivity contribution in [2.24, 2.45) is 5.73 Å². The summed E-state index contributed by atoms with van der Waals surface area (Å²) in [6.45, 7) is 3.51. The number of hydrogen-bond acceptors (Lipinski definition) is 7. The molecular weight excluding hydrogens is 467 g/mol. The SMILES string of the molecule is CC(C)Oc1cc2c(C(=O)OC3(C(N)=O)CC3)c(-c3ccc(F)cc3)oc2cc1NS(C)(=O)=O. The summed E-state index contributed by atoms with van der Waals surface area (Å²) in [7, 11) is -3.66. The van der Waals surface area contributed by atoms with Gasteiger partial charge in [0, 0.05) is 29.9 Å². The van der Waals surface area contributed by atoms with Crippen molar-refractivity contribution in [1.29, 1.82) is 0 Å². The van der Waals surface area contributed by atoms with E-state index < -0.39 is 33.3 Å². The minimum Gasteiger partial charge on any atom is -0.489 e. The number of rotatable bonds is 8. The molecular formula is C23H23FN2O7S. The highest BCUT2D eigenvalue weighted by molar-refractivity contribution is 7.92. The molecule has 1 aliphatic carbocycles. The van der Waals surface area contributed by atoms with Crippen molar-refractivity contribution in [1.82, 2.24) is 0 Å². The van der Waals surface area contributed by atoms with Crippen LogP contribution >= 0.6 is 0 Å². The topological polar surface area (TPSA) is 138 Å². The van der Waals surface area contributed by atoms with Crippen LogP contribution < -0.4 is 15.2 Å².